The largest absolute Gasteiger partial charge is 0.445 e. The molecule has 2 N–H and O–H groups in total. The van der Waals surface area contributed by atoms with Gasteiger partial charge in [0.15, 0.2) is 6.29 Å². The number of aliphatic hydroxyl groups excluding tert-OH is 1. The van der Waals surface area contributed by atoms with E-state index in [0.29, 0.717) is 16.9 Å². The second-order valence-corrected chi connectivity index (χ2v) is 17.6. The summed E-state index contributed by atoms with van der Waals surface area (Å²) in [5.41, 5.74) is 6.95. The van der Waals surface area contributed by atoms with Crippen LogP contribution in [0.1, 0.15) is 93.1 Å². The van der Waals surface area contributed by atoms with Crippen LogP contribution in [-0.4, -0.2) is 64.1 Å². The molecule has 2 bridgehead atoms. The molecule has 10 nitrogen and oxygen atoms in total. The summed E-state index contributed by atoms with van der Waals surface area (Å²) in [6, 6.07) is 32.7. The van der Waals surface area contributed by atoms with Crippen LogP contribution in [-0.2, 0) is 43.6 Å². The van der Waals surface area contributed by atoms with Crippen LogP contribution >= 0.6 is 0 Å². The standard InChI is InChI=1S/C47H53N3O7/c1-46(2)23-37-24-47(3,29-46)30-49(37)26-38-21-41(34-15-13-31(27-51)14-16-34)57-44(56-38)35-19-17-33(18-20-35)39-12-8-7-11-36(39)25-50-42(52)22-40(43(50)53)48-45(54)55-28-32-9-5-4-6-10-32/h4-20,37-38,40-41,44,51H,21-30H2,1-3H3,(H,48,54)/t37?,38-,40?,41+,44+,47?/m1/s1. The van der Waals surface area contributed by atoms with Gasteiger partial charge < -0.3 is 24.6 Å². The molecule has 6 atom stereocenters. The van der Waals surface area contributed by atoms with Crippen LogP contribution in [0.4, 0.5) is 4.79 Å². The SMILES string of the molecule is CC1(C)CC2CC(C)(CN2C[C@H]2C[C@@H](c3ccc(CO)cc3)O[C@@H](c3ccc(-c4ccccc4CN4C(=O)CC(NC(=O)OCc5ccccc5)C4=O)cc3)O2)C1. The lowest BCUT2D eigenvalue weighted by atomic mass is 9.65. The van der Waals surface area contributed by atoms with Gasteiger partial charge in [-0.05, 0) is 63.5 Å². The Bertz CT molecular complexity index is 2070. The first kappa shape index (κ1) is 39.0. The normalized spacial score (nSPS) is 27.1. The van der Waals surface area contributed by atoms with Gasteiger partial charge in [0, 0.05) is 31.1 Å². The van der Waals surface area contributed by atoms with Crippen molar-refractivity contribution >= 4 is 17.9 Å². The number of hydrogen-bond acceptors (Lipinski definition) is 8. The Morgan fingerprint density at radius 1 is 0.860 bits per heavy atom. The maximum absolute atomic E-state index is 13.4. The summed E-state index contributed by atoms with van der Waals surface area (Å²) in [5, 5.41) is 12.2. The number of nitrogens with zero attached hydrogens (tertiary/aromatic N) is 2. The molecule has 3 heterocycles. The van der Waals surface area contributed by atoms with E-state index in [1.807, 2.05) is 103 Å². The highest BCUT2D eigenvalue weighted by Gasteiger charge is 2.50. The van der Waals surface area contributed by atoms with Crippen LogP contribution in [0.2, 0.25) is 0 Å². The fourth-order valence-electron chi connectivity index (χ4n) is 9.88. The maximum atomic E-state index is 13.4. The van der Waals surface area contributed by atoms with Crippen molar-refractivity contribution in [1.29, 1.82) is 0 Å². The monoisotopic (exact) mass is 771 g/mol. The molecule has 8 rings (SSSR count). The number of aliphatic hydroxyl groups is 1. The Morgan fingerprint density at radius 3 is 2.33 bits per heavy atom. The van der Waals surface area contributed by atoms with Crippen LogP contribution in [0.25, 0.3) is 11.1 Å². The fraction of sp³-hybridized carbons (Fsp3) is 0.426. The lowest BCUT2D eigenvalue weighted by molar-refractivity contribution is -0.253. The molecule has 1 aliphatic carbocycles. The molecule has 4 aliphatic rings. The third-order valence-corrected chi connectivity index (χ3v) is 12.2. The molecular weight excluding hydrogens is 719 g/mol. The first-order valence-electron chi connectivity index (χ1n) is 20.2. The third kappa shape index (κ3) is 8.84. The molecule has 57 heavy (non-hydrogen) atoms. The topological polar surface area (TPSA) is 118 Å². The summed E-state index contributed by atoms with van der Waals surface area (Å²) in [6.07, 6.45) is 2.77. The zero-order valence-electron chi connectivity index (χ0n) is 33.1. The molecule has 3 saturated heterocycles. The van der Waals surface area contributed by atoms with Crippen molar-refractivity contribution in [3.05, 3.63) is 131 Å². The zero-order valence-corrected chi connectivity index (χ0v) is 33.1. The van der Waals surface area contributed by atoms with Gasteiger partial charge in [-0.2, -0.15) is 0 Å². The van der Waals surface area contributed by atoms with Crippen molar-refractivity contribution in [3.63, 3.8) is 0 Å². The summed E-state index contributed by atoms with van der Waals surface area (Å²) < 4.78 is 18.8. The van der Waals surface area contributed by atoms with Crippen LogP contribution in [0.3, 0.4) is 0 Å². The number of alkyl carbamates (subject to hydrolysis) is 1. The molecular formula is C47H53N3O7. The van der Waals surface area contributed by atoms with E-state index >= 15 is 0 Å². The average Bonchev–Trinajstić information content (AvgIpc) is 3.61. The second kappa shape index (κ2) is 16.2. The highest BCUT2D eigenvalue weighted by Crippen LogP contribution is 2.53. The van der Waals surface area contributed by atoms with E-state index in [-0.39, 0.29) is 44.3 Å². The van der Waals surface area contributed by atoms with Gasteiger partial charge in [0.05, 0.1) is 31.8 Å². The third-order valence-electron chi connectivity index (χ3n) is 12.2. The molecule has 0 spiro atoms. The van der Waals surface area contributed by atoms with Gasteiger partial charge in [-0.3, -0.25) is 19.4 Å². The van der Waals surface area contributed by atoms with E-state index in [9.17, 15) is 19.5 Å². The Labute approximate surface area is 335 Å². The van der Waals surface area contributed by atoms with Gasteiger partial charge in [0.2, 0.25) is 5.91 Å². The Morgan fingerprint density at radius 2 is 1.58 bits per heavy atom. The minimum Gasteiger partial charge on any atom is -0.445 e. The summed E-state index contributed by atoms with van der Waals surface area (Å²) in [7, 11) is 0. The number of carbonyl (C=O) groups is 3. The summed E-state index contributed by atoms with van der Waals surface area (Å²) in [6.45, 7) is 9.33. The smallest absolute Gasteiger partial charge is 0.408 e. The van der Waals surface area contributed by atoms with Crippen LogP contribution in [0.5, 0.6) is 0 Å². The van der Waals surface area contributed by atoms with Crippen molar-refractivity contribution in [3.8, 4) is 11.1 Å². The van der Waals surface area contributed by atoms with E-state index < -0.39 is 24.3 Å². The van der Waals surface area contributed by atoms with Gasteiger partial charge >= 0.3 is 6.09 Å². The first-order chi connectivity index (χ1) is 27.4. The zero-order chi connectivity index (χ0) is 39.7. The number of imide groups is 1. The molecule has 0 radical (unpaired) electrons. The second-order valence-electron chi connectivity index (χ2n) is 17.6. The van der Waals surface area contributed by atoms with E-state index in [1.165, 1.54) is 24.2 Å². The number of carbonyl (C=O) groups excluding carboxylic acids is 3. The van der Waals surface area contributed by atoms with Crippen molar-refractivity contribution in [2.75, 3.05) is 13.1 Å². The molecule has 298 valence electrons. The number of fused-ring (bicyclic) bond motifs is 2. The predicted octanol–water partition coefficient (Wildman–Crippen LogP) is 7.85. The summed E-state index contributed by atoms with van der Waals surface area (Å²) in [4.78, 5) is 42.9. The first-order valence-corrected chi connectivity index (χ1v) is 20.2. The summed E-state index contributed by atoms with van der Waals surface area (Å²) in [5.74, 6) is -0.811. The van der Waals surface area contributed by atoms with Gasteiger partial charge in [0.25, 0.3) is 5.91 Å². The average molecular weight is 772 g/mol. The van der Waals surface area contributed by atoms with Crippen LogP contribution in [0.15, 0.2) is 103 Å². The predicted molar refractivity (Wildman–Crippen MR) is 215 cm³/mol. The maximum Gasteiger partial charge on any atom is 0.408 e. The number of hydrogen-bond donors (Lipinski definition) is 2. The van der Waals surface area contributed by atoms with E-state index in [2.05, 4.69) is 31.0 Å². The Balaban J connectivity index is 0.959. The number of nitrogens with one attached hydrogen (secondary N) is 1. The molecule has 3 aliphatic heterocycles. The number of ether oxygens (including phenoxy) is 3. The van der Waals surface area contributed by atoms with Crippen LogP contribution in [0, 0.1) is 10.8 Å². The molecule has 4 aromatic carbocycles. The fourth-order valence-corrected chi connectivity index (χ4v) is 9.88. The van der Waals surface area contributed by atoms with Crippen molar-refractivity contribution < 1.29 is 33.7 Å². The molecule has 3 unspecified atom stereocenters. The lowest BCUT2D eigenvalue weighted by Gasteiger charge is -2.41. The number of benzene rings is 4. The number of amides is 3. The highest BCUT2D eigenvalue weighted by atomic mass is 16.7. The number of likely N-dealkylation sites (tertiary alicyclic amines) is 2. The van der Waals surface area contributed by atoms with Crippen molar-refractivity contribution in [1.82, 2.24) is 15.1 Å². The number of rotatable bonds is 11. The van der Waals surface area contributed by atoms with Gasteiger partial charge in [0.1, 0.15) is 12.6 Å². The van der Waals surface area contributed by atoms with Crippen molar-refractivity contribution in [2.24, 2.45) is 10.8 Å². The summed E-state index contributed by atoms with van der Waals surface area (Å²) >= 11 is 0. The molecule has 1 saturated carbocycles. The van der Waals surface area contributed by atoms with Crippen molar-refractivity contribution in [2.45, 2.75) is 103 Å². The molecule has 0 aromatic heterocycles. The lowest BCUT2D eigenvalue weighted by Crippen LogP contribution is -2.42. The van der Waals surface area contributed by atoms with Crippen LogP contribution < -0.4 is 5.32 Å². The molecule has 3 amide bonds. The van der Waals surface area contributed by atoms with Gasteiger partial charge in [-0.1, -0.05) is 124 Å². The minimum absolute atomic E-state index is 0.00447. The highest BCUT2D eigenvalue weighted by molar-refractivity contribution is 6.06. The molecule has 4 aromatic rings. The van der Waals surface area contributed by atoms with Gasteiger partial charge in [-0.25, -0.2) is 4.79 Å². The Kier molecular flexibility index (Phi) is 11.1. The molecule has 10 heteroatoms. The Hall–Kier alpha value is -4.87. The van der Waals surface area contributed by atoms with E-state index in [4.69, 9.17) is 14.2 Å². The van der Waals surface area contributed by atoms with Gasteiger partial charge in [-0.15, -0.1) is 0 Å². The molecule has 4 fully saturated rings. The minimum atomic E-state index is -0.983. The van der Waals surface area contributed by atoms with E-state index in [1.54, 1.807) is 0 Å². The van der Waals surface area contributed by atoms with E-state index in [0.717, 1.165) is 58.5 Å². The quantitative estimate of drug-likeness (QED) is 0.148.